The fourth-order valence-electron chi connectivity index (χ4n) is 2.35. The number of nitrogens with zero attached hydrogens (tertiary/aromatic N) is 1. The standard InChI is InChI=1S/C15H25NO6/c1-6-21-12(18)15(11(17)20-5)7-9-16(10-8-15)13(19)22-14(2,3)4/h6-10H2,1-5H3. The van der Waals surface area contributed by atoms with E-state index in [9.17, 15) is 14.4 Å². The summed E-state index contributed by atoms with van der Waals surface area (Å²) in [5.74, 6) is -1.21. The normalized spacial score (nSPS) is 17.6. The van der Waals surface area contributed by atoms with E-state index >= 15 is 0 Å². The Morgan fingerprint density at radius 2 is 1.64 bits per heavy atom. The van der Waals surface area contributed by atoms with Crippen LogP contribution >= 0.6 is 0 Å². The number of piperidine rings is 1. The Bertz CT molecular complexity index is 432. The molecule has 1 heterocycles. The first kappa shape index (κ1) is 18.3. The summed E-state index contributed by atoms with van der Waals surface area (Å²) < 4.78 is 15.1. The molecule has 0 aliphatic carbocycles. The topological polar surface area (TPSA) is 82.1 Å². The molecule has 0 bridgehead atoms. The molecule has 0 unspecified atom stereocenters. The van der Waals surface area contributed by atoms with E-state index < -0.39 is 29.0 Å². The molecule has 0 N–H and O–H groups in total. The van der Waals surface area contributed by atoms with Gasteiger partial charge in [-0.2, -0.15) is 0 Å². The zero-order valence-electron chi connectivity index (χ0n) is 13.9. The maximum atomic E-state index is 12.2. The summed E-state index contributed by atoms with van der Waals surface area (Å²) in [5, 5.41) is 0. The van der Waals surface area contributed by atoms with E-state index in [-0.39, 0.29) is 32.5 Å². The Morgan fingerprint density at radius 1 is 1.09 bits per heavy atom. The average molecular weight is 315 g/mol. The summed E-state index contributed by atoms with van der Waals surface area (Å²) in [6.07, 6.45) is -0.120. The van der Waals surface area contributed by atoms with Crippen molar-refractivity contribution in [2.24, 2.45) is 5.41 Å². The molecular weight excluding hydrogens is 290 g/mol. The number of rotatable bonds is 3. The molecule has 7 heteroatoms. The van der Waals surface area contributed by atoms with E-state index in [0.717, 1.165) is 0 Å². The molecule has 7 nitrogen and oxygen atoms in total. The first-order chi connectivity index (χ1) is 10.2. The van der Waals surface area contributed by atoms with Crippen LogP contribution in [0.4, 0.5) is 4.79 Å². The molecule has 1 aliphatic heterocycles. The lowest BCUT2D eigenvalue weighted by Gasteiger charge is -2.38. The van der Waals surface area contributed by atoms with Gasteiger partial charge < -0.3 is 19.1 Å². The second-order valence-electron chi connectivity index (χ2n) is 6.26. The maximum Gasteiger partial charge on any atom is 0.410 e. The van der Waals surface area contributed by atoms with Gasteiger partial charge in [-0.25, -0.2) is 4.79 Å². The highest BCUT2D eigenvalue weighted by Gasteiger charge is 2.51. The molecule has 0 aromatic rings. The van der Waals surface area contributed by atoms with Crippen molar-refractivity contribution in [1.29, 1.82) is 0 Å². The number of carbonyl (C=O) groups excluding carboxylic acids is 3. The number of methoxy groups -OCH3 is 1. The molecule has 22 heavy (non-hydrogen) atoms. The molecule has 1 saturated heterocycles. The third-order valence-corrected chi connectivity index (χ3v) is 3.51. The average Bonchev–Trinajstić information content (AvgIpc) is 2.44. The fourth-order valence-corrected chi connectivity index (χ4v) is 2.35. The van der Waals surface area contributed by atoms with E-state index in [4.69, 9.17) is 14.2 Å². The van der Waals surface area contributed by atoms with Crippen LogP contribution in [0.15, 0.2) is 0 Å². The molecule has 0 aromatic carbocycles. The Hall–Kier alpha value is -1.79. The molecule has 0 spiro atoms. The Labute approximate surface area is 130 Å². The van der Waals surface area contributed by atoms with Crippen LogP contribution in [0.2, 0.25) is 0 Å². The predicted molar refractivity (Wildman–Crippen MR) is 78.1 cm³/mol. The molecule has 0 aromatic heterocycles. The van der Waals surface area contributed by atoms with E-state index in [0.29, 0.717) is 0 Å². The minimum absolute atomic E-state index is 0.164. The quantitative estimate of drug-likeness (QED) is 0.448. The van der Waals surface area contributed by atoms with Gasteiger partial charge in [0.05, 0.1) is 13.7 Å². The van der Waals surface area contributed by atoms with Crippen molar-refractivity contribution in [1.82, 2.24) is 4.90 Å². The molecule has 0 saturated carbocycles. The second-order valence-corrected chi connectivity index (χ2v) is 6.26. The van der Waals surface area contributed by atoms with Crippen molar-refractivity contribution < 1.29 is 28.6 Å². The number of carbonyl (C=O) groups is 3. The lowest BCUT2D eigenvalue weighted by Crippen LogP contribution is -2.52. The molecule has 1 fully saturated rings. The second kappa shape index (κ2) is 6.98. The van der Waals surface area contributed by atoms with Gasteiger partial charge in [0.25, 0.3) is 0 Å². The summed E-state index contributed by atoms with van der Waals surface area (Å²) in [6, 6.07) is 0. The smallest absolute Gasteiger partial charge is 0.410 e. The Kier molecular flexibility index (Phi) is 5.79. The van der Waals surface area contributed by atoms with Gasteiger partial charge in [0.2, 0.25) is 0 Å². The largest absolute Gasteiger partial charge is 0.468 e. The van der Waals surface area contributed by atoms with Crippen LogP contribution in [0.3, 0.4) is 0 Å². The lowest BCUT2D eigenvalue weighted by atomic mass is 9.78. The van der Waals surface area contributed by atoms with Crippen molar-refractivity contribution in [3.63, 3.8) is 0 Å². The zero-order chi connectivity index (χ0) is 17.0. The van der Waals surface area contributed by atoms with Crippen LogP contribution in [0, 0.1) is 5.41 Å². The van der Waals surface area contributed by atoms with Gasteiger partial charge in [-0.15, -0.1) is 0 Å². The van der Waals surface area contributed by atoms with E-state index in [1.54, 1.807) is 27.7 Å². The Balaban J connectivity index is 2.79. The molecule has 1 amide bonds. The SMILES string of the molecule is CCOC(=O)C1(C(=O)OC)CCN(C(=O)OC(C)(C)C)CC1. The third-order valence-electron chi connectivity index (χ3n) is 3.51. The van der Waals surface area contributed by atoms with Gasteiger partial charge in [-0.05, 0) is 40.5 Å². The lowest BCUT2D eigenvalue weighted by molar-refractivity contribution is -0.174. The fraction of sp³-hybridized carbons (Fsp3) is 0.800. The number of ether oxygens (including phenoxy) is 3. The predicted octanol–water partition coefficient (Wildman–Crippen LogP) is 1.74. The van der Waals surface area contributed by atoms with E-state index in [1.165, 1.54) is 12.0 Å². The van der Waals surface area contributed by atoms with Crippen molar-refractivity contribution in [2.45, 2.75) is 46.1 Å². The summed E-state index contributed by atoms with van der Waals surface area (Å²) in [7, 11) is 1.24. The maximum absolute atomic E-state index is 12.2. The minimum atomic E-state index is -1.33. The summed E-state index contributed by atoms with van der Waals surface area (Å²) in [4.78, 5) is 37.7. The van der Waals surface area contributed by atoms with Crippen LogP contribution in [-0.4, -0.2) is 55.3 Å². The van der Waals surface area contributed by atoms with Gasteiger partial charge in [0, 0.05) is 13.1 Å². The number of hydrogen-bond acceptors (Lipinski definition) is 6. The molecule has 1 aliphatic rings. The molecule has 126 valence electrons. The van der Waals surface area contributed by atoms with Crippen molar-refractivity contribution in [2.75, 3.05) is 26.8 Å². The van der Waals surface area contributed by atoms with Gasteiger partial charge in [-0.3, -0.25) is 9.59 Å². The summed E-state index contributed by atoms with van der Waals surface area (Å²) >= 11 is 0. The summed E-state index contributed by atoms with van der Waals surface area (Å²) in [6.45, 7) is 7.70. The van der Waals surface area contributed by atoms with Gasteiger partial charge >= 0.3 is 18.0 Å². The molecule has 0 radical (unpaired) electrons. The highest BCUT2D eigenvalue weighted by atomic mass is 16.6. The number of esters is 2. The minimum Gasteiger partial charge on any atom is -0.468 e. The zero-order valence-corrected chi connectivity index (χ0v) is 13.9. The van der Waals surface area contributed by atoms with Gasteiger partial charge in [-0.1, -0.05) is 0 Å². The van der Waals surface area contributed by atoms with Gasteiger partial charge in [0.1, 0.15) is 5.60 Å². The number of likely N-dealkylation sites (tertiary alicyclic amines) is 1. The van der Waals surface area contributed by atoms with Crippen LogP contribution in [0.5, 0.6) is 0 Å². The highest BCUT2D eigenvalue weighted by Crippen LogP contribution is 2.35. The molecular formula is C15H25NO6. The first-order valence-corrected chi connectivity index (χ1v) is 7.40. The number of amides is 1. The monoisotopic (exact) mass is 315 g/mol. The van der Waals surface area contributed by atoms with E-state index in [2.05, 4.69) is 0 Å². The van der Waals surface area contributed by atoms with Crippen molar-refractivity contribution in [3.8, 4) is 0 Å². The van der Waals surface area contributed by atoms with E-state index in [1.807, 2.05) is 0 Å². The Morgan fingerprint density at radius 3 is 2.05 bits per heavy atom. The van der Waals surface area contributed by atoms with Crippen molar-refractivity contribution >= 4 is 18.0 Å². The summed E-state index contributed by atoms with van der Waals surface area (Å²) in [5.41, 5.74) is -1.92. The number of hydrogen-bond donors (Lipinski definition) is 0. The van der Waals surface area contributed by atoms with Crippen LogP contribution in [0.25, 0.3) is 0 Å². The first-order valence-electron chi connectivity index (χ1n) is 7.40. The van der Waals surface area contributed by atoms with Crippen LogP contribution in [0.1, 0.15) is 40.5 Å². The van der Waals surface area contributed by atoms with Gasteiger partial charge in [0.15, 0.2) is 5.41 Å². The van der Waals surface area contributed by atoms with Crippen molar-refractivity contribution in [3.05, 3.63) is 0 Å². The van der Waals surface area contributed by atoms with Crippen LogP contribution < -0.4 is 0 Å². The molecule has 1 rings (SSSR count). The molecule has 0 atom stereocenters. The van der Waals surface area contributed by atoms with Crippen LogP contribution in [-0.2, 0) is 23.8 Å². The highest BCUT2D eigenvalue weighted by molar-refractivity contribution is 6.00. The third kappa shape index (κ3) is 4.11.